The molecule has 4 heteroatoms. The van der Waals surface area contributed by atoms with Gasteiger partial charge in [-0.25, -0.2) is 0 Å². The average Bonchev–Trinajstić information content (AvgIpc) is 2.94. The number of rotatable bonds is 5. The maximum absolute atomic E-state index is 11.2. The van der Waals surface area contributed by atoms with Crippen molar-refractivity contribution in [3.63, 3.8) is 0 Å². The van der Waals surface area contributed by atoms with E-state index in [-0.39, 0.29) is 5.91 Å². The molecule has 1 saturated carbocycles. The first-order valence-corrected chi connectivity index (χ1v) is 6.16. The predicted molar refractivity (Wildman–Crippen MR) is 61.9 cm³/mol. The van der Waals surface area contributed by atoms with E-state index < -0.39 is 0 Å². The van der Waals surface area contributed by atoms with Crippen LogP contribution in [0.4, 0.5) is 0 Å². The molecule has 2 rings (SSSR count). The second kappa shape index (κ2) is 4.77. The molecule has 0 spiro atoms. The van der Waals surface area contributed by atoms with Crippen LogP contribution in [0.25, 0.3) is 0 Å². The minimum Gasteiger partial charge on any atom is -0.358 e. The van der Waals surface area contributed by atoms with Crippen LogP contribution in [0.3, 0.4) is 0 Å². The molecule has 1 fully saturated rings. The number of likely N-dealkylation sites (N-methyl/N-ethyl adjacent to an activating group) is 1. The van der Waals surface area contributed by atoms with E-state index >= 15 is 0 Å². The van der Waals surface area contributed by atoms with Crippen molar-refractivity contribution in [2.75, 3.05) is 13.6 Å². The Labute approximate surface area is 93.9 Å². The van der Waals surface area contributed by atoms with Gasteiger partial charge < -0.3 is 10.6 Å². The Hall–Kier alpha value is -0.870. The highest BCUT2D eigenvalue weighted by Crippen LogP contribution is 2.42. The van der Waals surface area contributed by atoms with Gasteiger partial charge in [0.2, 0.25) is 5.91 Å². The Bertz CT molecular complexity index is 319. The van der Waals surface area contributed by atoms with Crippen LogP contribution >= 0.6 is 11.3 Å². The standard InChI is InChI=1S/C11H16N2OS/c1-12-10(14)7-13-11(8-4-5-8)9-3-2-6-15-9/h2-3,6,8,11,13H,4-5,7H2,1H3,(H,12,14). The largest absolute Gasteiger partial charge is 0.358 e. The van der Waals surface area contributed by atoms with Crippen molar-refractivity contribution >= 4 is 17.2 Å². The van der Waals surface area contributed by atoms with Crippen molar-refractivity contribution in [3.8, 4) is 0 Å². The maximum Gasteiger partial charge on any atom is 0.233 e. The van der Waals surface area contributed by atoms with E-state index in [2.05, 4.69) is 28.1 Å². The average molecular weight is 224 g/mol. The van der Waals surface area contributed by atoms with Crippen LogP contribution in [0.15, 0.2) is 17.5 Å². The van der Waals surface area contributed by atoms with Crippen LogP contribution in [-0.2, 0) is 4.79 Å². The summed E-state index contributed by atoms with van der Waals surface area (Å²) in [7, 11) is 1.67. The number of thiophene rings is 1. The number of hydrogen-bond donors (Lipinski definition) is 2. The quantitative estimate of drug-likeness (QED) is 0.796. The molecule has 82 valence electrons. The summed E-state index contributed by atoms with van der Waals surface area (Å²) in [6.45, 7) is 0.412. The van der Waals surface area contributed by atoms with E-state index in [1.54, 1.807) is 18.4 Å². The van der Waals surface area contributed by atoms with Gasteiger partial charge in [0.25, 0.3) is 0 Å². The van der Waals surface area contributed by atoms with E-state index in [1.165, 1.54) is 17.7 Å². The third-order valence-electron chi connectivity index (χ3n) is 2.70. The molecule has 0 bridgehead atoms. The zero-order chi connectivity index (χ0) is 10.7. The molecular formula is C11H16N2OS. The van der Waals surface area contributed by atoms with E-state index in [4.69, 9.17) is 0 Å². The van der Waals surface area contributed by atoms with E-state index in [9.17, 15) is 4.79 Å². The SMILES string of the molecule is CNC(=O)CNC(c1cccs1)C1CC1. The summed E-state index contributed by atoms with van der Waals surface area (Å²) < 4.78 is 0. The topological polar surface area (TPSA) is 41.1 Å². The van der Waals surface area contributed by atoms with Crippen LogP contribution < -0.4 is 10.6 Å². The van der Waals surface area contributed by atoms with Gasteiger partial charge in [-0.1, -0.05) is 6.07 Å². The minimum atomic E-state index is 0.0530. The van der Waals surface area contributed by atoms with Gasteiger partial charge in [0.1, 0.15) is 0 Å². The molecule has 1 aliphatic rings. The van der Waals surface area contributed by atoms with Crippen LogP contribution in [0.2, 0.25) is 0 Å². The molecule has 1 amide bonds. The molecule has 15 heavy (non-hydrogen) atoms. The monoisotopic (exact) mass is 224 g/mol. The van der Waals surface area contributed by atoms with Gasteiger partial charge in [-0.05, 0) is 30.2 Å². The molecule has 0 radical (unpaired) electrons. The minimum absolute atomic E-state index is 0.0530. The fraction of sp³-hybridized carbons (Fsp3) is 0.545. The number of amides is 1. The number of carbonyl (C=O) groups excluding carboxylic acids is 1. The second-order valence-electron chi connectivity index (χ2n) is 3.88. The van der Waals surface area contributed by atoms with Crippen LogP contribution in [0.1, 0.15) is 23.8 Å². The summed E-state index contributed by atoms with van der Waals surface area (Å²) in [6, 6.07) is 4.59. The molecular weight excluding hydrogens is 208 g/mol. The Balaban J connectivity index is 1.92. The molecule has 0 saturated heterocycles. The summed E-state index contributed by atoms with van der Waals surface area (Å²) in [5.74, 6) is 0.783. The highest BCUT2D eigenvalue weighted by Gasteiger charge is 2.32. The summed E-state index contributed by atoms with van der Waals surface area (Å²) in [6.07, 6.45) is 2.56. The van der Waals surface area contributed by atoms with Gasteiger partial charge in [0.15, 0.2) is 0 Å². The number of carbonyl (C=O) groups is 1. The first-order valence-electron chi connectivity index (χ1n) is 5.28. The molecule has 3 nitrogen and oxygen atoms in total. The third kappa shape index (κ3) is 2.79. The lowest BCUT2D eigenvalue weighted by Gasteiger charge is -2.15. The Morgan fingerprint density at radius 3 is 3.00 bits per heavy atom. The van der Waals surface area contributed by atoms with E-state index in [1.807, 2.05) is 0 Å². The lowest BCUT2D eigenvalue weighted by atomic mass is 10.1. The normalized spacial score (nSPS) is 17.4. The summed E-state index contributed by atoms with van der Waals surface area (Å²) >= 11 is 1.76. The maximum atomic E-state index is 11.2. The Morgan fingerprint density at radius 2 is 2.47 bits per heavy atom. The van der Waals surface area contributed by atoms with Crippen LogP contribution in [0.5, 0.6) is 0 Å². The molecule has 1 aromatic heterocycles. The van der Waals surface area contributed by atoms with Gasteiger partial charge in [-0.15, -0.1) is 11.3 Å². The third-order valence-corrected chi connectivity index (χ3v) is 3.66. The van der Waals surface area contributed by atoms with Crippen molar-refractivity contribution in [1.82, 2.24) is 10.6 Å². The van der Waals surface area contributed by atoms with Gasteiger partial charge in [-0.3, -0.25) is 4.79 Å². The fourth-order valence-electron chi connectivity index (χ4n) is 1.69. The Morgan fingerprint density at radius 1 is 1.67 bits per heavy atom. The zero-order valence-corrected chi connectivity index (χ0v) is 9.64. The molecule has 0 aromatic carbocycles. The zero-order valence-electron chi connectivity index (χ0n) is 8.82. The van der Waals surface area contributed by atoms with Crippen molar-refractivity contribution in [2.45, 2.75) is 18.9 Å². The molecule has 2 N–H and O–H groups in total. The van der Waals surface area contributed by atoms with Gasteiger partial charge in [-0.2, -0.15) is 0 Å². The fourth-order valence-corrected chi connectivity index (χ4v) is 2.58. The predicted octanol–water partition coefficient (Wildman–Crippen LogP) is 1.53. The molecule has 0 aliphatic heterocycles. The second-order valence-corrected chi connectivity index (χ2v) is 4.86. The molecule has 1 atom stereocenters. The van der Waals surface area contributed by atoms with Crippen molar-refractivity contribution in [3.05, 3.63) is 22.4 Å². The first kappa shape index (κ1) is 10.6. The first-order chi connectivity index (χ1) is 7.31. The van der Waals surface area contributed by atoms with Crippen LogP contribution in [-0.4, -0.2) is 19.5 Å². The molecule has 1 heterocycles. The van der Waals surface area contributed by atoms with E-state index in [0.717, 1.165) is 5.92 Å². The van der Waals surface area contributed by atoms with Crippen molar-refractivity contribution in [2.24, 2.45) is 5.92 Å². The lowest BCUT2D eigenvalue weighted by molar-refractivity contribution is -0.119. The molecule has 1 aliphatic carbocycles. The molecule has 1 unspecified atom stereocenters. The highest BCUT2D eigenvalue weighted by atomic mass is 32.1. The summed E-state index contributed by atoms with van der Waals surface area (Å²) in [4.78, 5) is 12.5. The molecule has 1 aromatic rings. The van der Waals surface area contributed by atoms with E-state index in [0.29, 0.717) is 12.6 Å². The summed E-state index contributed by atoms with van der Waals surface area (Å²) in [5.41, 5.74) is 0. The Kier molecular flexibility index (Phi) is 3.38. The lowest BCUT2D eigenvalue weighted by Crippen LogP contribution is -2.34. The number of nitrogens with one attached hydrogen (secondary N) is 2. The van der Waals surface area contributed by atoms with Gasteiger partial charge in [0.05, 0.1) is 6.54 Å². The summed E-state index contributed by atoms with van der Waals surface area (Å²) in [5, 5.41) is 8.05. The van der Waals surface area contributed by atoms with Crippen molar-refractivity contribution in [1.29, 1.82) is 0 Å². The van der Waals surface area contributed by atoms with Crippen molar-refractivity contribution < 1.29 is 4.79 Å². The smallest absolute Gasteiger partial charge is 0.233 e. The van der Waals surface area contributed by atoms with Gasteiger partial charge in [0, 0.05) is 18.0 Å². The van der Waals surface area contributed by atoms with Gasteiger partial charge >= 0.3 is 0 Å². The van der Waals surface area contributed by atoms with Crippen LogP contribution in [0, 0.1) is 5.92 Å². The highest BCUT2D eigenvalue weighted by molar-refractivity contribution is 7.10. The number of hydrogen-bond acceptors (Lipinski definition) is 3.